The predicted molar refractivity (Wildman–Crippen MR) is 111 cm³/mol. The largest absolute Gasteiger partial charge is 0.496 e. The molecule has 0 bridgehead atoms. The van der Waals surface area contributed by atoms with E-state index in [1.807, 2.05) is 0 Å². The van der Waals surface area contributed by atoms with Gasteiger partial charge in [0.05, 0.1) is 7.11 Å². The van der Waals surface area contributed by atoms with Gasteiger partial charge in [0.1, 0.15) is 29.7 Å². The lowest BCUT2D eigenvalue weighted by Gasteiger charge is -2.20. The standard InChI is InChI=1S/C24H18F5N3O2/c1-33-16-7-6-11(17-13-4-2-3-5-15(13)32-24(31)14(17)9-30)8-12(16)10-34-23-21(28)19(26)18(25)20(27)22(23)29/h6-8H,2-5,10H2,1H3,(H2,31,32)/p+1. The van der Waals surface area contributed by atoms with Crippen molar-refractivity contribution >= 4 is 5.82 Å². The van der Waals surface area contributed by atoms with Crippen LogP contribution in [0.2, 0.25) is 0 Å². The van der Waals surface area contributed by atoms with Crippen LogP contribution in [0.15, 0.2) is 18.2 Å². The number of rotatable bonds is 5. The second kappa shape index (κ2) is 9.17. The van der Waals surface area contributed by atoms with Crippen molar-refractivity contribution in [2.75, 3.05) is 12.8 Å². The normalized spacial score (nSPS) is 12.7. The smallest absolute Gasteiger partial charge is 0.289 e. The highest BCUT2D eigenvalue weighted by Gasteiger charge is 2.28. The molecule has 1 aromatic heterocycles. The van der Waals surface area contributed by atoms with Crippen LogP contribution in [0, 0.1) is 40.4 Å². The van der Waals surface area contributed by atoms with Crippen LogP contribution in [-0.2, 0) is 19.4 Å². The molecule has 0 atom stereocenters. The number of aryl methyl sites for hydroxylation is 1. The van der Waals surface area contributed by atoms with E-state index in [-0.39, 0.29) is 22.7 Å². The van der Waals surface area contributed by atoms with Crippen LogP contribution in [0.4, 0.5) is 27.8 Å². The average molecular weight is 476 g/mol. The average Bonchev–Trinajstić information content (AvgIpc) is 2.85. The fourth-order valence-electron chi connectivity index (χ4n) is 4.17. The Hall–Kier alpha value is -3.87. The first kappa shape index (κ1) is 23.3. The predicted octanol–water partition coefficient (Wildman–Crippen LogP) is 4.78. The number of pyridine rings is 1. The Labute approximate surface area is 191 Å². The molecule has 3 aromatic rings. The summed E-state index contributed by atoms with van der Waals surface area (Å²) in [5, 5.41) is 9.74. The van der Waals surface area contributed by atoms with Crippen molar-refractivity contribution in [3.8, 4) is 28.7 Å². The van der Waals surface area contributed by atoms with Crippen LogP contribution in [0.25, 0.3) is 11.1 Å². The number of hydrogen-bond acceptors (Lipinski definition) is 4. The Balaban J connectivity index is 1.79. The molecule has 34 heavy (non-hydrogen) atoms. The van der Waals surface area contributed by atoms with Gasteiger partial charge in [-0.1, -0.05) is 6.07 Å². The van der Waals surface area contributed by atoms with Gasteiger partial charge >= 0.3 is 0 Å². The van der Waals surface area contributed by atoms with Crippen molar-refractivity contribution in [3.05, 3.63) is 69.7 Å². The third-order valence-corrected chi connectivity index (χ3v) is 5.80. The highest BCUT2D eigenvalue weighted by Crippen LogP contribution is 2.37. The lowest BCUT2D eigenvalue weighted by Crippen LogP contribution is -2.24. The minimum absolute atomic E-state index is 0.216. The van der Waals surface area contributed by atoms with E-state index in [4.69, 9.17) is 15.2 Å². The van der Waals surface area contributed by atoms with E-state index >= 15 is 0 Å². The van der Waals surface area contributed by atoms with Crippen molar-refractivity contribution in [1.29, 1.82) is 5.26 Å². The molecule has 0 saturated heterocycles. The van der Waals surface area contributed by atoms with Gasteiger partial charge < -0.3 is 9.47 Å². The number of nitrogens with zero attached hydrogens (tertiary/aromatic N) is 1. The summed E-state index contributed by atoms with van der Waals surface area (Å²) < 4.78 is 78.7. The Morgan fingerprint density at radius 2 is 1.65 bits per heavy atom. The number of hydrogen-bond donors (Lipinski definition) is 1. The summed E-state index contributed by atoms with van der Waals surface area (Å²) in [6, 6.07) is 6.96. The van der Waals surface area contributed by atoms with Gasteiger partial charge in [0, 0.05) is 23.1 Å². The molecule has 10 heteroatoms. The van der Waals surface area contributed by atoms with Gasteiger partial charge in [0.25, 0.3) is 5.82 Å². The summed E-state index contributed by atoms with van der Waals surface area (Å²) in [4.78, 5) is 3.09. The summed E-state index contributed by atoms with van der Waals surface area (Å²) in [6.07, 6.45) is 3.38. The van der Waals surface area contributed by atoms with Gasteiger partial charge in [-0.15, -0.1) is 0 Å². The third kappa shape index (κ3) is 3.87. The Morgan fingerprint density at radius 3 is 2.29 bits per heavy atom. The Morgan fingerprint density at radius 1 is 1.00 bits per heavy atom. The number of halogens is 5. The van der Waals surface area contributed by atoms with E-state index in [1.54, 1.807) is 18.2 Å². The number of methoxy groups -OCH3 is 1. The lowest BCUT2D eigenvalue weighted by molar-refractivity contribution is -0.374. The summed E-state index contributed by atoms with van der Waals surface area (Å²) in [5.74, 6) is -11.5. The van der Waals surface area contributed by atoms with E-state index in [1.165, 1.54) is 7.11 Å². The number of nitriles is 1. The molecule has 0 spiro atoms. The van der Waals surface area contributed by atoms with Crippen LogP contribution in [0.3, 0.4) is 0 Å². The topological polar surface area (TPSA) is 82.4 Å². The van der Waals surface area contributed by atoms with Crippen LogP contribution in [0.5, 0.6) is 11.5 Å². The second-order valence-corrected chi connectivity index (χ2v) is 7.78. The molecule has 1 aliphatic carbocycles. The highest BCUT2D eigenvalue weighted by atomic mass is 19.2. The fraction of sp³-hybridized carbons (Fsp3) is 0.250. The molecule has 0 radical (unpaired) electrons. The maximum atomic E-state index is 14.0. The minimum Gasteiger partial charge on any atom is -0.496 e. The molecule has 0 fully saturated rings. The number of anilines is 1. The molecular formula is C24H19F5N3O2+. The number of nitrogen functional groups attached to an aromatic ring is 1. The number of benzene rings is 2. The van der Waals surface area contributed by atoms with Crippen molar-refractivity contribution in [2.24, 2.45) is 0 Å². The number of H-pyrrole nitrogens is 1. The number of ether oxygens (including phenoxy) is 2. The Bertz CT molecular complexity index is 1310. The Kier molecular flexibility index (Phi) is 6.28. The van der Waals surface area contributed by atoms with Crippen molar-refractivity contribution in [3.63, 3.8) is 0 Å². The maximum absolute atomic E-state index is 14.0. The summed E-state index contributed by atoms with van der Waals surface area (Å²) in [6.45, 7) is -0.562. The molecule has 0 amide bonds. The molecule has 2 aromatic carbocycles. The van der Waals surface area contributed by atoms with Gasteiger partial charge in [-0.2, -0.15) is 14.0 Å². The highest BCUT2D eigenvalue weighted by molar-refractivity contribution is 5.78. The number of aromatic nitrogens is 1. The summed E-state index contributed by atoms with van der Waals surface area (Å²) in [7, 11) is 1.36. The molecular weight excluding hydrogens is 457 g/mol. The third-order valence-electron chi connectivity index (χ3n) is 5.80. The van der Waals surface area contributed by atoms with Gasteiger partial charge in [0.2, 0.25) is 29.1 Å². The first-order valence-electron chi connectivity index (χ1n) is 10.4. The lowest BCUT2D eigenvalue weighted by atomic mass is 9.86. The second-order valence-electron chi connectivity index (χ2n) is 7.78. The number of fused-ring (bicyclic) bond motifs is 1. The summed E-state index contributed by atoms with van der Waals surface area (Å²) >= 11 is 0. The fourth-order valence-corrected chi connectivity index (χ4v) is 4.17. The van der Waals surface area contributed by atoms with Crippen LogP contribution in [0.1, 0.15) is 35.2 Å². The van der Waals surface area contributed by atoms with E-state index < -0.39 is 41.4 Å². The number of aromatic amines is 1. The zero-order valence-corrected chi connectivity index (χ0v) is 18.0. The SMILES string of the molecule is COc1ccc(-c2c(C#N)c(N)[nH+]c3c2CCCC3)cc1COc1c(F)c(F)c(F)c(F)c1F. The van der Waals surface area contributed by atoms with Crippen molar-refractivity contribution in [1.82, 2.24) is 0 Å². The van der Waals surface area contributed by atoms with E-state index in [9.17, 15) is 27.2 Å². The van der Waals surface area contributed by atoms with E-state index in [2.05, 4.69) is 11.1 Å². The van der Waals surface area contributed by atoms with Gasteiger partial charge in [-0.25, -0.2) is 18.2 Å². The van der Waals surface area contributed by atoms with Gasteiger partial charge in [-0.05, 0) is 37.0 Å². The molecule has 0 saturated carbocycles. The zero-order valence-electron chi connectivity index (χ0n) is 18.0. The molecule has 1 aliphatic rings. The molecule has 3 N–H and O–H groups in total. The van der Waals surface area contributed by atoms with Crippen molar-refractivity contribution in [2.45, 2.75) is 32.3 Å². The molecule has 0 unspecified atom stereocenters. The van der Waals surface area contributed by atoms with Crippen LogP contribution < -0.4 is 20.2 Å². The van der Waals surface area contributed by atoms with Crippen LogP contribution >= 0.6 is 0 Å². The first-order chi connectivity index (χ1) is 16.3. The molecule has 176 valence electrons. The van der Waals surface area contributed by atoms with Gasteiger partial charge in [-0.3, -0.25) is 5.73 Å². The number of nitrogens with two attached hydrogens (primary N) is 1. The minimum atomic E-state index is -2.27. The monoisotopic (exact) mass is 476 g/mol. The first-order valence-corrected chi connectivity index (χ1v) is 10.4. The van der Waals surface area contributed by atoms with Crippen LogP contribution in [-0.4, -0.2) is 7.11 Å². The molecule has 5 nitrogen and oxygen atoms in total. The molecule has 0 aliphatic heterocycles. The van der Waals surface area contributed by atoms with E-state index in [0.29, 0.717) is 11.1 Å². The molecule has 1 heterocycles. The van der Waals surface area contributed by atoms with E-state index in [0.717, 1.165) is 36.9 Å². The van der Waals surface area contributed by atoms with Crippen molar-refractivity contribution < 1.29 is 36.4 Å². The molecule has 4 rings (SSSR count). The maximum Gasteiger partial charge on any atom is 0.289 e. The zero-order chi connectivity index (χ0) is 24.6. The summed E-state index contributed by atoms with van der Waals surface area (Å²) in [5.41, 5.74) is 9.66. The quantitative estimate of drug-likeness (QED) is 0.326. The van der Waals surface area contributed by atoms with Gasteiger partial charge in [0.15, 0.2) is 5.75 Å². The number of nitrogens with one attached hydrogen (secondary N) is 1.